The van der Waals surface area contributed by atoms with Gasteiger partial charge in [0.05, 0.1) is 17.1 Å². The molecule has 2 aromatic rings. The van der Waals surface area contributed by atoms with Gasteiger partial charge in [-0.25, -0.2) is 8.42 Å². The molecule has 1 amide bonds. The van der Waals surface area contributed by atoms with Crippen LogP contribution in [0.5, 0.6) is 0 Å². The van der Waals surface area contributed by atoms with Crippen molar-refractivity contribution < 1.29 is 13.2 Å². The maximum atomic E-state index is 12.5. The first-order chi connectivity index (χ1) is 13.8. The molecule has 0 aliphatic carbocycles. The van der Waals surface area contributed by atoms with Crippen LogP contribution in [0.2, 0.25) is 0 Å². The Morgan fingerprint density at radius 1 is 1.00 bits per heavy atom. The van der Waals surface area contributed by atoms with E-state index in [9.17, 15) is 13.2 Å². The number of rotatable bonds is 7. The number of amides is 1. The summed E-state index contributed by atoms with van der Waals surface area (Å²) in [5, 5.41) is 2.74. The summed E-state index contributed by atoms with van der Waals surface area (Å²) in [6, 6.07) is 13.7. The summed E-state index contributed by atoms with van der Waals surface area (Å²) in [6.07, 6.45) is 0. The van der Waals surface area contributed by atoms with E-state index in [2.05, 4.69) is 17.2 Å². The molecule has 7 heteroatoms. The molecule has 0 heterocycles. The second-order valence-corrected chi connectivity index (χ2v) is 8.45. The monoisotopic (exact) mass is 413 g/mol. The van der Waals surface area contributed by atoms with Crippen LogP contribution < -0.4 is 10.2 Å². The van der Waals surface area contributed by atoms with E-state index in [1.54, 1.807) is 13.8 Å². The van der Waals surface area contributed by atoms with E-state index >= 15 is 0 Å². The number of nitrogens with one attached hydrogen (secondary N) is 1. The van der Waals surface area contributed by atoms with Gasteiger partial charge in [0.25, 0.3) is 5.91 Å². The summed E-state index contributed by atoms with van der Waals surface area (Å²) < 4.78 is 26.4. The molecule has 0 fully saturated rings. The van der Waals surface area contributed by atoms with Crippen LogP contribution in [0.4, 0.5) is 5.69 Å². The van der Waals surface area contributed by atoms with Crippen molar-refractivity contribution in [1.82, 2.24) is 9.62 Å². The van der Waals surface area contributed by atoms with Crippen LogP contribution in [-0.4, -0.2) is 52.4 Å². The maximum Gasteiger partial charge on any atom is 0.252 e. The Morgan fingerprint density at radius 3 is 2.21 bits per heavy atom. The molecule has 2 aromatic carbocycles. The standard InChI is InChI=1S/C22H27N3O3S/c1-5-25(6-2)29(27,28)20-15-13-19(14-16-20)22(26)23-17-9-11-18-10-7-8-12-21(18)24(3)4/h7-8,10,12-16H,5-6,17H2,1-4H3,(H,23,26). The molecule has 0 saturated carbocycles. The van der Waals surface area contributed by atoms with Gasteiger partial charge in [-0.05, 0) is 36.4 Å². The minimum Gasteiger partial charge on any atom is -0.377 e. The lowest BCUT2D eigenvalue weighted by molar-refractivity contribution is 0.0958. The maximum absolute atomic E-state index is 12.5. The molecule has 0 atom stereocenters. The molecule has 0 bridgehead atoms. The fraction of sp³-hybridized carbons (Fsp3) is 0.318. The summed E-state index contributed by atoms with van der Waals surface area (Å²) in [4.78, 5) is 14.5. The zero-order valence-corrected chi connectivity index (χ0v) is 18.1. The van der Waals surface area contributed by atoms with E-state index in [0.29, 0.717) is 18.7 Å². The lowest BCUT2D eigenvalue weighted by Crippen LogP contribution is -2.30. The minimum absolute atomic E-state index is 0.179. The summed E-state index contributed by atoms with van der Waals surface area (Å²) in [5.74, 6) is 5.72. The van der Waals surface area contributed by atoms with Crippen molar-refractivity contribution in [3.63, 3.8) is 0 Å². The zero-order valence-electron chi connectivity index (χ0n) is 17.3. The number of sulfonamides is 1. The third-order valence-corrected chi connectivity index (χ3v) is 6.47. The molecule has 6 nitrogen and oxygen atoms in total. The second-order valence-electron chi connectivity index (χ2n) is 6.51. The number of para-hydroxylation sites is 1. The van der Waals surface area contributed by atoms with E-state index in [0.717, 1.165) is 11.3 Å². The first kappa shape index (κ1) is 22.5. The van der Waals surface area contributed by atoms with E-state index in [-0.39, 0.29) is 17.3 Å². The van der Waals surface area contributed by atoms with Gasteiger partial charge in [0, 0.05) is 38.3 Å². The van der Waals surface area contributed by atoms with E-state index in [1.165, 1.54) is 28.6 Å². The Morgan fingerprint density at radius 2 is 1.62 bits per heavy atom. The largest absolute Gasteiger partial charge is 0.377 e. The fourth-order valence-electron chi connectivity index (χ4n) is 2.83. The van der Waals surface area contributed by atoms with Crippen LogP contribution in [0.25, 0.3) is 0 Å². The molecule has 0 aliphatic rings. The number of hydrogen-bond donors (Lipinski definition) is 1. The Balaban J connectivity index is 2.03. The van der Waals surface area contributed by atoms with Gasteiger partial charge in [-0.3, -0.25) is 4.79 Å². The van der Waals surface area contributed by atoms with E-state index in [1.807, 2.05) is 43.3 Å². The van der Waals surface area contributed by atoms with Crippen LogP contribution in [0.3, 0.4) is 0 Å². The van der Waals surface area contributed by atoms with Crippen molar-refractivity contribution in [2.24, 2.45) is 0 Å². The van der Waals surface area contributed by atoms with Crippen LogP contribution in [-0.2, 0) is 10.0 Å². The quantitative estimate of drug-likeness (QED) is 0.709. The molecule has 0 aromatic heterocycles. The third-order valence-electron chi connectivity index (χ3n) is 4.41. The molecular formula is C22H27N3O3S. The molecule has 1 N–H and O–H groups in total. The molecule has 2 rings (SSSR count). The van der Waals surface area contributed by atoms with Crippen LogP contribution >= 0.6 is 0 Å². The first-order valence-electron chi connectivity index (χ1n) is 9.44. The van der Waals surface area contributed by atoms with Crippen LogP contribution in [0, 0.1) is 11.8 Å². The van der Waals surface area contributed by atoms with E-state index in [4.69, 9.17) is 0 Å². The number of carbonyl (C=O) groups excluding carboxylic acids is 1. The van der Waals surface area contributed by atoms with Crippen molar-refractivity contribution >= 4 is 21.6 Å². The van der Waals surface area contributed by atoms with Gasteiger partial charge in [0.1, 0.15) is 0 Å². The predicted octanol–water partition coefficient (Wildman–Crippen LogP) is 2.56. The zero-order chi connectivity index (χ0) is 21.4. The lowest BCUT2D eigenvalue weighted by atomic mass is 10.1. The smallest absolute Gasteiger partial charge is 0.252 e. The molecule has 29 heavy (non-hydrogen) atoms. The number of anilines is 1. The molecule has 154 valence electrons. The van der Waals surface area contributed by atoms with Crippen molar-refractivity contribution in [2.75, 3.05) is 38.6 Å². The van der Waals surface area contributed by atoms with Gasteiger partial charge >= 0.3 is 0 Å². The Bertz CT molecular complexity index is 1000. The lowest BCUT2D eigenvalue weighted by Gasteiger charge is -2.18. The van der Waals surface area contributed by atoms with Crippen molar-refractivity contribution in [1.29, 1.82) is 0 Å². The first-order valence-corrected chi connectivity index (χ1v) is 10.9. The summed E-state index contributed by atoms with van der Waals surface area (Å²) in [5.41, 5.74) is 2.29. The molecule has 0 spiro atoms. The number of nitrogens with zero attached hydrogens (tertiary/aromatic N) is 2. The normalized spacial score (nSPS) is 10.9. The molecule has 0 aliphatic heterocycles. The molecule has 0 unspecified atom stereocenters. The summed E-state index contributed by atoms with van der Waals surface area (Å²) in [6.45, 7) is 4.58. The highest BCUT2D eigenvalue weighted by Crippen LogP contribution is 2.17. The number of carbonyl (C=O) groups is 1. The van der Waals surface area contributed by atoms with Crippen molar-refractivity contribution in [3.05, 3.63) is 59.7 Å². The third kappa shape index (κ3) is 5.59. The molecule has 0 radical (unpaired) electrons. The SMILES string of the molecule is CCN(CC)S(=O)(=O)c1ccc(C(=O)NCC#Cc2ccccc2N(C)C)cc1. The van der Waals surface area contributed by atoms with Gasteiger partial charge in [0.2, 0.25) is 10.0 Å². The highest BCUT2D eigenvalue weighted by molar-refractivity contribution is 7.89. The van der Waals surface area contributed by atoms with Gasteiger partial charge in [-0.1, -0.05) is 37.8 Å². The average Bonchev–Trinajstić information content (AvgIpc) is 2.72. The number of benzene rings is 2. The Labute approximate surface area is 173 Å². The van der Waals surface area contributed by atoms with Gasteiger partial charge in [-0.15, -0.1) is 0 Å². The molecule has 0 saturated heterocycles. The van der Waals surface area contributed by atoms with Crippen LogP contribution in [0.15, 0.2) is 53.4 Å². The van der Waals surface area contributed by atoms with Gasteiger partial charge in [-0.2, -0.15) is 4.31 Å². The summed E-state index contributed by atoms with van der Waals surface area (Å²) >= 11 is 0. The van der Waals surface area contributed by atoms with Crippen molar-refractivity contribution in [3.8, 4) is 11.8 Å². The van der Waals surface area contributed by atoms with Crippen LogP contribution in [0.1, 0.15) is 29.8 Å². The van der Waals surface area contributed by atoms with E-state index < -0.39 is 10.0 Å². The minimum atomic E-state index is -3.53. The highest BCUT2D eigenvalue weighted by atomic mass is 32.2. The molecular weight excluding hydrogens is 386 g/mol. The summed E-state index contributed by atoms with van der Waals surface area (Å²) in [7, 11) is 0.370. The van der Waals surface area contributed by atoms with Gasteiger partial charge < -0.3 is 10.2 Å². The van der Waals surface area contributed by atoms with Crippen molar-refractivity contribution in [2.45, 2.75) is 18.7 Å². The second kappa shape index (κ2) is 10.1. The van der Waals surface area contributed by atoms with Gasteiger partial charge in [0.15, 0.2) is 0 Å². The Hall–Kier alpha value is -2.82. The Kier molecular flexibility index (Phi) is 7.82. The fourth-order valence-corrected chi connectivity index (χ4v) is 4.28. The highest BCUT2D eigenvalue weighted by Gasteiger charge is 2.21. The average molecular weight is 414 g/mol. The predicted molar refractivity (Wildman–Crippen MR) is 117 cm³/mol. The number of hydrogen-bond acceptors (Lipinski definition) is 4. The topological polar surface area (TPSA) is 69.7 Å².